The second-order valence-electron chi connectivity index (χ2n) is 9.74. The van der Waals surface area contributed by atoms with Gasteiger partial charge in [0.05, 0.1) is 0 Å². The molecule has 8 heteroatoms. The van der Waals surface area contributed by atoms with E-state index in [9.17, 15) is 35.1 Å². The highest BCUT2D eigenvalue weighted by Gasteiger charge is 1.88. The molecule has 0 unspecified atom stereocenters. The molecular formula is C32H56F8. The van der Waals surface area contributed by atoms with Gasteiger partial charge in [-0.3, -0.25) is 0 Å². The molecule has 0 aromatic heterocycles. The minimum Gasteiger partial charge on any atom is -0.174 e. The lowest BCUT2D eigenvalue weighted by Crippen LogP contribution is -1.66. The van der Waals surface area contributed by atoms with Crippen molar-refractivity contribution in [2.45, 2.75) is 111 Å². The predicted octanol–water partition coefficient (Wildman–Crippen LogP) is 15.0. The summed E-state index contributed by atoms with van der Waals surface area (Å²) < 4.78 is 86.5. The maximum Gasteiger partial charge on any atom is 0.268 e. The lowest BCUT2D eigenvalue weighted by atomic mass is 10.2. The van der Waals surface area contributed by atoms with Gasteiger partial charge in [-0.15, -0.1) is 19.7 Å². The van der Waals surface area contributed by atoms with Crippen LogP contribution < -0.4 is 0 Å². The molecule has 0 N–H and O–H groups in total. The standard InChI is InChI=1S/C6H12.3C4H6F2.3C4H8.C2H2F2/c1-5(2)6(3)4;3*1-3(2)4(5)6;3*1-4(2)3;1-2(3)4/h1-4H3;3*1-2H3;3*1H2,2-3H3;1H2. The molecule has 0 amide bonds. The van der Waals surface area contributed by atoms with Crippen molar-refractivity contribution in [2.75, 3.05) is 0 Å². The summed E-state index contributed by atoms with van der Waals surface area (Å²) in [6, 6.07) is 0. The Morgan fingerprint density at radius 1 is 0.275 bits per heavy atom. The lowest BCUT2D eigenvalue weighted by molar-refractivity contribution is 0.411. The second-order valence-corrected chi connectivity index (χ2v) is 9.74. The molecule has 0 atom stereocenters. The molecular weight excluding hydrogens is 536 g/mol. The van der Waals surface area contributed by atoms with Crippen LogP contribution in [-0.4, -0.2) is 0 Å². The quantitative estimate of drug-likeness (QED) is 0.194. The van der Waals surface area contributed by atoms with E-state index in [0.29, 0.717) is 0 Å². The van der Waals surface area contributed by atoms with Gasteiger partial charge in [0.15, 0.2) is 0 Å². The van der Waals surface area contributed by atoms with Gasteiger partial charge in [-0.25, -0.2) is 0 Å². The molecule has 0 aliphatic carbocycles. The van der Waals surface area contributed by atoms with Gasteiger partial charge in [-0.2, -0.15) is 35.1 Å². The van der Waals surface area contributed by atoms with E-state index in [0.717, 1.165) is 0 Å². The van der Waals surface area contributed by atoms with Crippen LogP contribution in [0.15, 0.2) is 95.2 Å². The first kappa shape index (κ1) is 57.3. The molecule has 0 fully saturated rings. The smallest absolute Gasteiger partial charge is 0.174 e. The molecule has 0 spiro atoms. The highest BCUT2D eigenvalue weighted by atomic mass is 19.3. The third-order valence-corrected chi connectivity index (χ3v) is 2.13. The minimum absolute atomic E-state index is 0.0926. The van der Waals surface area contributed by atoms with Crippen LogP contribution >= 0.6 is 0 Å². The molecule has 0 heterocycles. The first-order chi connectivity index (χ1) is 17.5. The average molecular weight is 593 g/mol. The van der Waals surface area contributed by atoms with Gasteiger partial charge < -0.3 is 0 Å². The van der Waals surface area contributed by atoms with E-state index in [4.69, 9.17) is 0 Å². The molecule has 0 bridgehead atoms. The molecule has 0 aliphatic heterocycles. The van der Waals surface area contributed by atoms with E-state index in [2.05, 4.69) is 54.0 Å². The van der Waals surface area contributed by atoms with Crippen LogP contribution in [0.25, 0.3) is 0 Å². The van der Waals surface area contributed by atoms with Gasteiger partial charge in [0.25, 0.3) is 24.3 Å². The molecule has 40 heavy (non-hydrogen) atoms. The van der Waals surface area contributed by atoms with Crippen molar-refractivity contribution in [2.24, 2.45) is 0 Å². The SMILES string of the molecule is C=C(C)C.C=C(C)C.C=C(C)C.C=C(F)F.CC(C)=C(C)C.CC(C)=C(F)F.CC(C)=C(F)F.CC(C)=C(F)F. The summed E-state index contributed by atoms with van der Waals surface area (Å²) in [5.74, 6) is 0. The fourth-order valence-electron chi connectivity index (χ4n) is 0. The number of hydrogen-bond donors (Lipinski definition) is 0. The Balaban J connectivity index is -0.0000000492. The van der Waals surface area contributed by atoms with Crippen molar-refractivity contribution in [1.29, 1.82) is 0 Å². The lowest BCUT2D eigenvalue weighted by Gasteiger charge is -1.88. The van der Waals surface area contributed by atoms with Crippen molar-refractivity contribution in [3.8, 4) is 0 Å². The van der Waals surface area contributed by atoms with Crippen molar-refractivity contribution >= 4 is 0 Å². The molecule has 0 aromatic carbocycles. The van der Waals surface area contributed by atoms with E-state index in [1.54, 1.807) is 0 Å². The van der Waals surface area contributed by atoms with Crippen LogP contribution in [0.3, 0.4) is 0 Å². The summed E-state index contributed by atoms with van der Waals surface area (Å²) in [6.45, 7) is 41.4. The third kappa shape index (κ3) is 234. The summed E-state index contributed by atoms with van der Waals surface area (Å²) in [6.07, 6.45) is -6.56. The summed E-state index contributed by atoms with van der Waals surface area (Å²) in [5, 5.41) is 0. The molecule has 0 saturated heterocycles. The Bertz CT molecular complexity index is 585. The fraction of sp³-hybridized carbons (Fsp3) is 0.500. The van der Waals surface area contributed by atoms with Crippen LogP contribution in [0.2, 0.25) is 0 Å². The molecule has 0 saturated carbocycles. The third-order valence-electron chi connectivity index (χ3n) is 2.13. The summed E-state index contributed by atoms with van der Waals surface area (Å²) in [4.78, 5) is 0. The summed E-state index contributed by atoms with van der Waals surface area (Å²) in [7, 11) is 0. The molecule has 0 radical (unpaired) electrons. The summed E-state index contributed by atoms with van der Waals surface area (Å²) >= 11 is 0. The van der Waals surface area contributed by atoms with Crippen molar-refractivity contribution in [3.63, 3.8) is 0 Å². The predicted molar refractivity (Wildman–Crippen MR) is 164 cm³/mol. The average Bonchev–Trinajstić information content (AvgIpc) is 2.67. The normalized spacial score (nSPS) is 7.40. The Labute approximate surface area is 241 Å². The topological polar surface area (TPSA) is 0 Å². The van der Waals surface area contributed by atoms with Crippen molar-refractivity contribution < 1.29 is 35.1 Å². The molecule has 240 valence electrons. The van der Waals surface area contributed by atoms with Gasteiger partial charge in [-0.1, -0.05) is 27.9 Å². The van der Waals surface area contributed by atoms with Crippen molar-refractivity contribution in [3.05, 3.63) is 95.2 Å². The molecule has 0 aromatic rings. The Kier molecular flexibility index (Phi) is 58.5. The molecule has 0 nitrogen and oxygen atoms in total. The van der Waals surface area contributed by atoms with Crippen LogP contribution in [0, 0.1) is 0 Å². The molecule has 0 rings (SSSR count). The Morgan fingerprint density at radius 2 is 0.325 bits per heavy atom. The van der Waals surface area contributed by atoms with Gasteiger partial charge in [0, 0.05) is 0 Å². The van der Waals surface area contributed by atoms with Gasteiger partial charge >= 0.3 is 0 Å². The number of rotatable bonds is 0. The van der Waals surface area contributed by atoms with Crippen LogP contribution in [0.4, 0.5) is 35.1 Å². The minimum atomic E-state index is -1.83. The van der Waals surface area contributed by atoms with Crippen LogP contribution in [-0.2, 0) is 0 Å². The zero-order valence-corrected chi connectivity index (χ0v) is 27.9. The van der Waals surface area contributed by atoms with Crippen LogP contribution in [0.5, 0.6) is 0 Å². The zero-order chi connectivity index (χ0) is 34.9. The summed E-state index contributed by atoms with van der Waals surface area (Å²) in [5.41, 5.74) is 6.63. The first-order valence-corrected chi connectivity index (χ1v) is 11.9. The van der Waals surface area contributed by atoms with E-state index < -0.39 is 24.3 Å². The monoisotopic (exact) mass is 592 g/mol. The Hall–Kier alpha value is -2.64. The number of halogens is 8. The van der Waals surface area contributed by atoms with Crippen molar-refractivity contribution in [1.82, 2.24) is 0 Å². The maximum absolute atomic E-state index is 11.0. The Morgan fingerprint density at radius 3 is 0.325 bits per heavy atom. The highest BCUT2D eigenvalue weighted by molar-refractivity contribution is 5.02. The largest absolute Gasteiger partial charge is 0.268 e. The van der Waals surface area contributed by atoms with E-state index in [-0.39, 0.29) is 16.7 Å². The van der Waals surface area contributed by atoms with Gasteiger partial charge in [0.1, 0.15) is 0 Å². The molecule has 0 aliphatic rings. The number of allylic oxidation sites excluding steroid dienone is 8. The first-order valence-electron chi connectivity index (χ1n) is 11.9. The van der Waals surface area contributed by atoms with E-state index >= 15 is 0 Å². The van der Waals surface area contributed by atoms with E-state index in [1.807, 2.05) is 41.5 Å². The maximum atomic E-state index is 11.0. The van der Waals surface area contributed by atoms with Gasteiger partial charge in [-0.05, 0) is 134 Å². The zero-order valence-electron chi connectivity index (χ0n) is 27.9. The fourth-order valence-corrected chi connectivity index (χ4v) is 0. The second kappa shape index (κ2) is 40.9. The van der Waals surface area contributed by atoms with Crippen LogP contribution in [0.1, 0.15) is 111 Å². The number of hydrogen-bond acceptors (Lipinski definition) is 0. The van der Waals surface area contributed by atoms with Gasteiger partial charge in [0.2, 0.25) is 0 Å². The highest BCUT2D eigenvalue weighted by Crippen LogP contribution is 2.04. The van der Waals surface area contributed by atoms with E-state index in [1.165, 1.54) is 69.4 Å².